The number of fused-ring (bicyclic) bond motifs is 1. The summed E-state index contributed by atoms with van der Waals surface area (Å²) in [5.41, 5.74) is 5.48. The van der Waals surface area contributed by atoms with Gasteiger partial charge in [-0.3, -0.25) is 4.79 Å². The molecule has 2 heterocycles. The standard InChI is InChI=1S/C21H18N4O2/c26-21(24-22-14-17-9-6-12-27-17)15-25-19-11-5-4-10-18(19)23-20(25)13-16-7-2-1-3-8-16/h1-12,14H,13,15H2,(H,24,26)/b22-14+. The second kappa shape index (κ2) is 7.70. The topological polar surface area (TPSA) is 72.4 Å². The molecular weight excluding hydrogens is 340 g/mol. The van der Waals surface area contributed by atoms with Crippen LogP contribution < -0.4 is 5.43 Å². The van der Waals surface area contributed by atoms with E-state index in [2.05, 4.69) is 22.7 Å². The number of hydrogen-bond donors (Lipinski definition) is 1. The zero-order chi connectivity index (χ0) is 18.5. The molecular formula is C21H18N4O2. The summed E-state index contributed by atoms with van der Waals surface area (Å²) in [7, 11) is 0. The van der Waals surface area contributed by atoms with Crippen LogP contribution in [0.4, 0.5) is 0 Å². The Morgan fingerprint density at radius 2 is 1.89 bits per heavy atom. The third kappa shape index (κ3) is 3.95. The van der Waals surface area contributed by atoms with Gasteiger partial charge in [0.25, 0.3) is 5.91 Å². The van der Waals surface area contributed by atoms with Gasteiger partial charge >= 0.3 is 0 Å². The predicted octanol–water partition coefficient (Wildman–Crippen LogP) is 3.37. The molecule has 0 aliphatic rings. The van der Waals surface area contributed by atoms with E-state index in [0.29, 0.717) is 12.2 Å². The van der Waals surface area contributed by atoms with Crippen molar-refractivity contribution in [3.8, 4) is 0 Å². The molecule has 0 unspecified atom stereocenters. The molecule has 27 heavy (non-hydrogen) atoms. The van der Waals surface area contributed by atoms with Gasteiger partial charge in [-0.05, 0) is 29.8 Å². The monoisotopic (exact) mass is 358 g/mol. The fourth-order valence-corrected chi connectivity index (χ4v) is 2.93. The lowest BCUT2D eigenvalue weighted by Crippen LogP contribution is -2.24. The minimum absolute atomic E-state index is 0.137. The molecule has 0 spiro atoms. The third-order valence-electron chi connectivity index (χ3n) is 4.16. The molecule has 6 nitrogen and oxygen atoms in total. The van der Waals surface area contributed by atoms with Crippen molar-refractivity contribution in [2.24, 2.45) is 5.10 Å². The van der Waals surface area contributed by atoms with Gasteiger partial charge in [0, 0.05) is 6.42 Å². The van der Waals surface area contributed by atoms with Gasteiger partial charge in [0.2, 0.25) is 0 Å². The highest BCUT2D eigenvalue weighted by Gasteiger charge is 2.13. The summed E-state index contributed by atoms with van der Waals surface area (Å²) in [6.07, 6.45) is 3.67. The van der Waals surface area contributed by atoms with Crippen molar-refractivity contribution in [1.82, 2.24) is 15.0 Å². The van der Waals surface area contributed by atoms with Crippen LogP contribution in [0.1, 0.15) is 17.1 Å². The second-order valence-electron chi connectivity index (χ2n) is 6.07. The maximum atomic E-state index is 12.4. The highest BCUT2D eigenvalue weighted by molar-refractivity contribution is 5.82. The lowest BCUT2D eigenvalue weighted by molar-refractivity contribution is -0.121. The Morgan fingerprint density at radius 3 is 2.70 bits per heavy atom. The average Bonchev–Trinajstić information content (AvgIpc) is 3.31. The molecule has 6 heteroatoms. The van der Waals surface area contributed by atoms with Crippen LogP contribution in [0.25, 0.3) is 11.0 Å². The first-order valence-corrected chi connectivity index (χ1v) is 8.63. The van der Waals surface area contributed by atoms with E-state index >= 15 is 0 Å². The number of imidazole rings is 1. The van der Waals surface area contributed by atoms with Crippen LogP contribution in [0, 0.1) is 0 Å². The fourth-order valence-electron chi connectivity index (χ4n) is 2.93. The molecule has 4 rings (SSSR count). The van der Waals surface area contributed by atoms with Crippen LogP contribution >= 0.6 is 0 Å². The first kappa shape index (κ1) is 16.8. The fraction of sp³-hybridized carbons (Fsp3) is 0.0952. The zero-order valence-corrected chi connectivity index (χ0v) is 14.6. The number of nitrogens with zero attached hydrogens (tertiary/aromatic N) is 3. The Morgan fingerprint density at radius 1 is 1.07 bits per heavy atom. The number of rotatable bonds is 6. The predicted molar refractivity (Wildman–Crippen MR) is 103 cm³/mol. The molecule has 0 bridgehead atoms. The first-order valence-electron chi connectivity index (χ1n) is 8.63. The molecule has 0 aliphatic heterocycles. The minimum atomic E-state index is -0.227. The van der Waals surface area contributed by atoms with E-state index in [0.717, 1.165) is 22.4 Å². The maximum Gasteiger partial charge on any atom is 0.260 e. The van der Waals surface area contributed by atoms with E-state index in [-0.39, 0.29) is 12.5 Å². The second-order valence-corrected chi connectivity index (χ2v) is 6.07. The van der Waals surface area contributed by atoms with Gasteiger partial charge in [0.15, 0.2) is 0 Å². The molecule has 1 amide bonds. The number of carbonyl (C=O) groups excluding carboxylic acids is 1. The van der Waals surface area contributed by atoms with E-state index in [1.54, 1.807) is 18.4 Å². The van der Waals surface area contributed by atoms with Crippen LogP contribution in [-0.4, -0.2) is 21.7 Å². The quantitative estimate of drug-likeness (QED) is 0.424. The molecule has 0 fully saturated rings. The third-order valence-corrected chi connectivity index (χ3v) is 4.16. The summed E-state index contributed by atoms with van der Waals surface area (Å²) >= 11 is 0. The molecule has 0 saturated carbocycles. The van der Waals surface area contributed by atoms with Crippen molar-refractivity contribution in [3.05, 3.63) is 90.1 Å². The molecule has 4 aromatic rings. The van der Waals surface area contributed by atoms with E-state index in [1.807, 2.05) is 47.0 Å². The van der Waals surface area contributed by atoms with Gasteiger partial charge in [0.1, 0.15) is 18.1 Å². The lowest BCUT2D eigenvalue weighted by atomic mass is 10.1. The van der Waals surface area contributed by atoms with Gasteiger partial charge in [-0.2, -0.15) is 5.10 Å². The van der Waals surface area contributed by atoms with Crippen molar-refractivity contribution < 1.29 is 9.21 Å². The highest BCUT2D eigenvalue weighted by atomic mass is 16.3. The number of para-hydroxylation sites is 2. The zero-order valence-electron chi connectivity index (χ0n) is 14.6. The van der Waals surface area contributed by atoms with Crippen LogP contribution in [0.5, 0.6) is 0 Å². The summed E-state index contributed by atoms with van der Waals surface area (Å²) < 4.78 is 7.08. The SMILES string of the molecule is O=C(Cn1c(Cc2ccccc2)nc2ccccc21)N/N=C/c1ccco1. The largest absolute Gasteiger partial charge is 0.463 e. The number of amides is 1. The van der Waals surface area contributed by atoms with Crippen molar-refractivity contribution >= 4 is 23.2 Å². The summed E-state index contributed by atoms with van der Waals surface area (Å²) in [4.78, 5) is 17.1. The van der Waals surface area contributed by atoms with E-state index in [4.69, 9.17) is 9.40 Å². The number of carbonyl (C=O) groups is 1. The number of benzene rings is 2. The minimum Gasteiger partial charge on any atom is -0.463 e. The lowest BCUT2D eigenvalue weighted by Gasteiger charge is -2.08. The number of nitrogens with one attached hydrogen (secondary N) is 1. The van der Waals surface area contributed by atoms with Gasteiger partial charge in [-0.25, -0.2) is 10.4 Å². The molecule has 0 atom stereocenters. The molecule has 134 valence electrons. The number of hydrogen-bond acceptors (Lipinski definition) is 4. The van der Waals surface area contributed by atoms with Crippen molar-refractivity contribution in [1.29, 1.82) is 0 Å². The summed E-state index contributed by atoms with van der Waals surface area (Å²) in [5, 5.41) is 3.94. The summed E-state index contributed by atoms with van der Waals surface area (Å²) in [6, 6.07) is 21.4. The van der Waals surface area contributed by atoms with E-state index in [1.165, 1.54) is 6.21 Å². The van der Waals surface area contributed by atoms with Gasteiger partial charge < -0.3 is 8.98 Å². The van der Waals surface area contributed by atoms with Gasteiger partial charge in [-0.15, -0.1) is 0 Å². The maximum absolute atomic E-state index is 12.4. The number of hydrazone groups is 1. The Hall–Kier alpha value is -3.67. The van der Waals surface area contributed by atoms with Crippen molar-refractivity contribution in [2.45, 2.75) is 13.0 Å². The summed E-state index contributed by atoms with van der Waals surface area (Å²) in [6.45, 7) is 0.137. The van der Waals surface area contributed by atoms with Crippen LogP contribution in [0.3, 0.4) is 0 Å². The summed E-state index contributed by atoms with van der Waals surface area (Å²) in [5.74, 6) is 1.19. The molecule has 0 aliphatic carbocycles. The average molecular weight is 358 g/mol. The van der Waals surface area contributed by atoms with Gasteiger partial charge in [0.05, 0.1) is 23.5 Å². The molecule has 1 N–H and O–H groups in total. The van der Waals surface area contributed by atoms with Crippen LogP contribution in [-0.2, 0) is 17.8 Å². The van der Waals surface area contributed by atoms with E-state index < -0.39 is 0 Å². The molecule has 2 aromatic heterocycles. The van der Waals surface area contributed by atoms with E-state index in [9.17, 15) is 4.79 Å². The van der Waals surface area contributed by atoms with Crippen LogP contribution in [0.2, 0.25) is 0 Å². The Kier molecular flexibility index (Phi) is 4.78. The van der Waals surface area contributed by atoms with Crippen LogP contribution in [0.15, 0.2) is 82.5 Å². The number of aromatic nitrogens is 2. The Balaban J connectivity index is 1.56. The van der Waals surface area contributed by atoms with Crippen molar-refractivity contribution in [2.75, 3.05) is 0 Å². The molecule has 2 aromatic carbocycles. The normalized spacial score (nSPS) is 11.3. The Labute approximate surface area is 156 Å². The van der Waals surface area contributed by atoms with Gasteiger partial charge in [-0.1, -0.05) is 42.5 Å². The smallest absolute Gasteiger partial charge is 0.260 e. The molecule has 0 saturated heterocycles. The molecule has 0 radical (unpaired) electrons. The van der Waals surface area contributed by atoms with Crippen molar-refractivity contribution in [3.63, 3.8) is 0 Å². The first-order chi connectivity index (χ1) is 13.3. The Bertz CT molecular complexity index is 1070. The highest BCUT2D eigenvalue weighted by Crippen LogP contribution is 2.18. The number of furan rings is 1.